The molecule has 2 aliphatic heterocycles. The third-order valence-electron chi connectivity index (χ3n) is 14.9. The Morgan fingerprint density at radius 2 is 1.27 bits per heavy atom. The third-order valence-corrected chi connectivity index (χ3v) is 16.2. The molecule has 3 aromatic rings. The largest absolute Gasteiger partial charge is 0.497 e. The molecule has 1 saturated carbocycles. The molecule has 3 heterocycles. The fourth-order valence-electron chi connectivity index (χ4n) is 9.85. The topological polar surface area (TPSA) is 354 Å². The van der Waals surface area contributed by atoms with Crippen LogP contribution in [0, 0.1) is 5.92 Å². The van der Waals surface area contributed by atoms with Crippen molar-refractivity contribution in [3.8, 4) is 5.75 Å². The third kappa shape index (κ3) is 19.3. The average Bonchev–Trinajstić information content (AvgIpc) is 3.67. The van der Waals surface area contributed by atoms with Crippen molar-refractivity contribution in [3.63, 3.8) is 0 Å². The number of benzene rings is 2. The van der Waals surface area contributed by atoms with Gasteiger partial charge in [0.05, 0.1) is 12.9 Å². The average molecular weight is 1150 g/mol. The van der Waals surface area contributed by atoms with Gasteiger partial charge in [-0.15, -0.1) is 11.8 Å². The van der Waals surface area contributed by atoms with Crippen LogP contribution < -0.4 is 59.2 Å². The van der Waals surface area contributed by atoms with Crippen molar-refractivity contribution in [1.29, 1.82) is 0 Å². The Bertz CT molecular complexity index is 2750. The number of guanidine groups is 1. The van der Waals surface area contributed by atoms with Gasteiger partial charge >= 0.3 is 0 Å². The summed E-state index contributed by atoms with van der Waals surface area (Å²) in [6, 6.07) is 10.3. The minimum absolute atomic E-state index is 0.0112. The summed E-state index contributed by atoms with van der Waals surface area (Å²) in [7, 11) is 2.96. The Kier molecular flexibility index (Phi) is 24.1. The standard InChI is InChI=1S/C58H79N13O10S/c1-58(56(59)80)35-82-34-48(72)64-43(29-36-15-8-7-9-16-36)50(74)65-41(21-14-28-63-57(60)61)49(73)67-46(32-39-19-13-27-62-33-39)53(77)68-44(30-37-17-12-18-37)52(76)69-45(31-38-23-25-40(81-3)26-24-38)51(75)66-42-20-10-5-4-6-11-22-47(54(78)70-58)71(2)55(42)79/h4,6-9,13,15-16,19,23-27,33,37,41-47H,5,10-12,14,17-18,20-22,28-32,34-35H2,1-3H3,(H2,59,80)(H,64,72)(H,65,74)(H,66,75)(H,67,73)(H,68,77)(H,69,76)(H,70,78)(H4,60,61,63). The summed E-state index contributed by atoms with van der Waals surface area (Å²) in [6.07, 6.45) is 11.3. The van der Waals surface area contributed by atoms with Crippen LogP contribution in [0.4, 0.5) is 0 Å². The molecule has 3 aliphatic rings. The molecule has 8 unspecified atom stereocenters. The van der Waals surface area contributed by atoms with E-state index in [9.17, 15) is 43.2 Å². The van der Waals surface area contributed by atoms with E-state index in [1.165, 1.54) is 32.2 Å². The molecule has 0 radical (unpaired) electrons. The highest BCUT2D eigenvalue weighted by molar-refractivity contribution is 8.00. The van der Waals surface area contributed by atoms with Crippen molar-refractivity contribution in [2.45, 2.75) is 145 Å². The number of allylic oxidation sites excluding steroid dienone is 2. The van der Waals surface area contributed by atoms with E-state index in [4.69, 9.17) is 21.9 Å². The molecule has 1 aliphatic carbocycles. The van der Waals surface area contributed by atoms with Crippen LogP contribution in [0.15, 0.2) is 96.3 Å². The van der Waals surface area contributed by atoms with E-state index in [0.29, 0.717) is 41.7 Å². The number of likely N-dealkylation sites (N-methyl/N-ethyl adjacent to an activating group) is 1. The van der Waals surface area contributed by atoms with E-state index >= 15 is 0 Å². The number of methoxy groups -OCH3 is 1. The van der Waals surface area contributed by atoms with Crippen molar-refractivity contribution in [2.24, 2.45) is 28.1 Å². The Morgan fingerprint density at radius 3 is 1.89 bits per heavy atom. The van der Waals surface area contributed by atoms with Crippen LogP contribution in [0.3, 0.4) is 0 Å². The molecule has 2 fully saturated rings. The monoisotopic (exact) mass is 1150 g/mol. The molecule has 2 bridgehead atoms. The number of amides is 9. The number of hydrogen-bond donors (Lipinski definition) is 10. The maximum Gasteiger partial charge on any atom is 0.245 e. The van der Waals surface area contributed by atoms with E-state index in [0.717, 1.165) is 31.0 Å². The van der Waals surface area contributed by atoms with E-state index in [1.807, 2.05) is 12.2 Å². The number of ether oxygens (including phenoxy) is 1. The van der Waals surface area contributed by atoms with Crippen molar-refractivity contribution >= 4 is 70.9 Å². The number of nitrogens with one attached hydrogen (secondary N) is 7. The summed E-state index contributed by atoms with van der Waals surface area (Å²) in [4.78, 5) is 140. The summed E-state index contributed by atoms with van der Waals surface area (Å²) in [5.41, 5.74) is 17.3. The molecule has 0 spiro atoms. The zero-order chi connectivity index (χ0) is 59.2. The Morgan fingerprint density at radius 1 is 0.683 bits per heavy atom. The van der Waals surface area contributed by atoms with Gasteiger partial charge in [-0.3, -0.25) is 53.1 Å². The first-order chi connectivity index (χ1) is 39.3. The van der Waals surface area contributed by atoms with E-state index < -0.39 is 101 Å². The van der Waals surface area contributed by atoms with Gasteiger partial charge in [0.2, 0.25) is 53.2 Å². The second kappa shape index (κ2) is 31.3. The van der Waals surface area contributed by atoms with Crippen LogP contribution in [0.2, 0.25) is 0 Å². The SMILES string of the molecule is COc1ccc(CC2NC(=O)C(CC3CCC3)NC(=O)C(Cc3cccnc3)NC(=O)C(CCCN=C(N)N)NC(=O)C(Cc3ccccc3)NC(=O)CSCC(C)(C(N)=O)NC(=O)C3CCC=CCCCC(NC2=O)C(=O)N3C)cc1. The van der Waals surface area contributed by atoms with Crippen molar-refractivity contribution in [2.75, 3.05) is 32.2 Å². The lowest BCUT2D eigenvalue weighted by Crippen LogP contribution is -2.63. The molecule has 13 N–H and O–H groups in total. The molecule has 82 heavy (non-hydrogen) atoms. The number of carbonyl (C=O) groups is 9. The second-order valence-electron chi connectivity index (χ2n) is 21.3. The summed E-state index contributed by atoms with van der Waals surface area (Å²) >= 11 is 0.963. The molecule has 1 aromatic heterocycles. The number of primary amides is 1. The molecule has 9 amide bonds. The van der Waals surface area contributed by atoms with Gasteiger partial charge in [-0.1, -0.05) is 79.9 Å². The van der Waals surface area contributed by atoms with E-state index in [2.05, 4.69) is 47.2 Å². The Labute approximate surface area is 482 Å². The normalized spacial score (nSPS) is 25.5. The number of rotatable bonds is 14. The molecule has 2 aromatic carbocycles. The molecule has 442 valence electrons. The van der Waals surface area contributed by atoms with Gasteiger partial charge in [-0.2, -0.15) is 0 Å². The highest BCUT2D eigenvalue weighted by Crippen LogP contribution is 2.31. The zero-order valence-corrected chi connectivity index (χ0v) is 47.7. The maximum absolute atomic E-state index is 14.9. The summed E-state index contributed by atoms with van der Waals surface area (Å²) in [5, 5.41) is 19.9. The highest BCUT2D eigenvalue weighted by Gasteiger charge is 2.40. The number of aliphatic imine (C=N–C) groups is 1. The van der Waals surface area contributed by atoms with Crippen LogP contribution >= 0.6 is 11.8 Å². The highest BCUT2D eigenvalue weighted by atomic mass is 32.2. The lowest BCUT2D eigenvalue weighted by Gasteiger charge is -2.34. The summed E-state index contributed by atoms with van der Waals surface area (Å²) in [6.45, 7) is 1.49. The molecular weight excluding hydrogens is 1070 g/mol. The first kappa shape index (κ1) is 63.2. The predicted molar refractivity (Wildman–Crippen MR) is 310 cm³/mol. The quantitative estimate of drug-likeness (QED) is 0.0461. The zero-order valence-electron chi connectivity index (χ0n) is 46.9. The van der Waals surface area contributed by atoms with Crippen molar-refractivity contribution < 1.29 is 47.9 Å². The summed E-state index contributed by atoms with van der Waals surface area (Å²) in [5.74, 6) is -6.63. The molecule has 8 atom stereocenters. The van der Waals surface area contributed by atoms with Crippen LogP contribution in [-0.4, -0.2) is 149 Å². The molecule has 1 saturated heterocycles. The molecular formula is C58H79N13O10S. The second-order valence-corrected chi connectivity index (χ2v) is 22.3. The number of aromatic nitrogens is 1. The maximum atomic E-state index is 14.9. The van der Waals surface area contributed by atoms with Crippen LogP contribution in [0.5, 0.6) is 5.75 Å². The fourth-order valence-corrected chi connectivity index (χ4v) is 10.8. The van der Waals surface area contributed by atoms with Gasteiger partial charge in [-0.25, -0.2) is 0 Å². The van der Waals surface area contributed by atoms with Gasteiger partial charge < -0.3 is 64.1 Å². The summed E-state index contributed by atoms with van der Waals surface area (Å²) < 4.78 is 5.37. The van der Waals surface area contributed by atoms with E-state index in [1.54, 1.807) is 72.9 Å². The van der Waals surface area contributed by atoms with Crippen LogP contribution in [-0.2, 0) is 62.4 Å². The number of fused-ring (bicyclic) bond motifs is 3. The van der Waals surface area contributed by atoms with Crippen molar-refractivity contribution in [3.05, 3.63) is 108 Å². The van der Waals surface area contributed by atoms with Gasteiger partial charge in [0.15, 0.2) is 5.96 Å². The first-order valence-electron chi connectivity index (χ1n) is 27.9. The minimum Gasteiger partial charge on any atom is -0.497 e. The lowest BCUT2D eigenvalue weighted by molar-refractivity contribution is -0.143. The van der Waals surface area contributed by atoms with Gasteiger partial charge in [0.25, 0.3) is 0 Å². The van der Waals surface area contributed by atoms with E-state index in [-0.39, 0.29) is 81.3 Å². The number of hydrogen-bond acceptors (Lipinski definition) is 13. The van der Waals surface area contributed by atoms with Crippen molar-refractivity contribution in [1.82, 2.24) is 47.1 Å². The lowest BCUT2D eigenvalue weighted by atomic mass is 9.80. The smallest absolute Gasteiger partial charge is 0.245 e. The predicted octanol–water partition coefficient (Wildman–Crippen LogP) is 0.725. The Balaban J connectivity index is 1.42. The minimum atomic E-state index is -1.75. The van der Waals surface area contributed by atoms with Gasteiger partial charge in [-0.05, 0) is 99.1 Å². The van der Waals surface area contributed by atoms with Crippen LogP contribution in [0.1, 0.15) is 94.2 Å². The molecule has 23 nitrogen and oxygen atoms in total. The number of thioether (sulfide) groups is 1. The molecule has 6 rings (SSSR count). The number of pyridine rings is 1. The fraction of sp³-hybridized carbons (Fsp3) is 0.500. The Hall–Kier alpha value is -8.02. The molecule has 24 heteroatoms. The van der Waals surface area contributed by atoms with Gasteiger partial charge in [0.1, 0.15) is 53.6 Å². The van der Waals surface area contributed by atoms with Gasteiger partial charge in [0, 0.05) is 51.0 Å². The number of carbonyl (C=O) groups excluding carboxylic acids is 9. The number of nitrogens with zero attached hydrogens (tertiary/aromatic N) is 3. The van der Waals surface area contributed by atoms with Crippen LogP contribution in [0.25, 0.3) is 0 Å². The number of nitrogens with two attached hydrogens (primary N) is 3. The first-order valence-corrected chi connectivity index (χ1v) is 29.0.